The Morgan fingerprint density at radius 3 is 2.74 bits per heavy atom. The van der Waals surface area contributed by atoms with Gasteiger partial charge in [0.15, 0.2) is 11.5 Å². The van der Waals surface area contributed by atoms with Gasteiger partial charge in [-0.05, 0) is 36.4 Å². The van der Waals surface area contributed by atoms with E-state index in [1.807, 2.05) is 22.4 Å². The number of aryl methyl sites for hydroxylation is 1. The summed E-state index contributed by atoms with van der Waals surface area (Å²) in [6, 6.07) is 8.79. The summed E-state index contributed by atoms with van der Waals surface area (Å²) < 4.78 is 19.5. The average Bonchev–Trinajstić information content (AvgIpc) is 3.34. The lowest BCUT2D eigenvalue weighted by Crippen LogP contribution is -2.49. The van der Waals surface area contributed by atoms with Gasteiger partial charge in [-0.15, -0.1) is 11.3 Å². The standard InChI is InChI=1S/C20H18FN3O2S/c21-15-3-1-2-4-16(15)23-8-10-24(11-9-23)20(25)18-14-5-6-17-13(7-12-27-17)19(14)26-22-18/h1-4,7,12H,5-6,8-11H2. The van der Waals surface area contributed by atoms with Crippen molar-refractivity contribution in [3.05, 3.63) is 57.7 Å². The minimum absolute atomic E-state index is 0.0909. The van der Waals surface area contributed by atoms with Crippen molar-refractivity contribution >= 4 is 22.9 Å². The van der Waals surface area contributed by atoms with E-state index in [-0.39, 0.29) is 11.7 Å². The van der Waals surface area contributed by atoms with E-state index in [1.165, 1.54) is 10.9 Å². The number of benzene rings is 1. The number of piperazine rings is 1. The smallest absolute Gasteiger partial charge is 0.276 e. The van der Waals surface area contributed by atoms with E-state index in [9.17, 15) is 9.18 Å². The number of nitrogens with zero attached hydrogens (tertiary/aromatic N) is 3. The van der Waals surface area contributed by atoms with Crippen LogP contribution >= 0.6 is 11.3 Å². The van der Waals surface area contributed by atoms with Crippen molar-refractivity contribution in [2.24, 2.45) is 0 Å². The van der Waals surface area contributed by atoms with Crippen LogP contribution in [0.4, 0.5) is 10.1 Å². The highest BCUT2D eigenvalue weighted by Gasteiger charge is 2.32. The first-order valence-electron chi connectivity index (χ1n) is 9.06. The zero-order chi connectivity index (χ0) is 18.4. The van der Waals surface area contributed by atoms with Gasteiger partial charge in [-0.3, -0.25) is 4.79 Å². The van der Waals surface area contributed by atoms with Crippen molar-refractivity contribution in [3.8, 4) is 11.3 Å². The van der Waals surface area contributed by atoms with Crippen LogP contribution in [-0.2, 0) is 12.8 Å². The number of hydrogen-bond donors (Lipinski definition) is 0. The van der Waals surface area contributed by atoms with E-state index in [0.29, 0.717) is 37.6 Å². The third-order valence-electron chi connectivity index (χ3n) is 5.34. The Balaban J connectivity index is 1.33. The van der Waals surface area contributed by atoms with E-state index >= 15 is 0 Å². The van der Waals surface area contributed by atoms with Crippen molar-refractivity contribution in [1.82, 2.24) is 10.1 Å². The van der Waals surface area contributed by atoms with E-state index in [2.05, 4.69) is 5.16 Å². The molecule has 2 aliphatic rings. The predicted molar refractivity (Wildman–Crippen MR) is 102 cm³/mol. The predicted octanol–water partition coefficient (Wildman–Crippen LogP) is 3.60. The summed E-state index contributed by atoms with van der Waals surface area (Å²) in [7, 11) is 0. The maximum absolute atomic E-state index is 14.0. The third kappa shape index (κ3) is 2.73. The fraction of sp³-hybridized carbons (Fsp3) is 0.300. The second kappa shape index (κ2) is 6.49. The highest BCUT2D eigenvalue weighted by atomic mass is 32.1. The molecule has 1 aliphatic heterocycles. The highest BCUT2D eigenvalue weighted by molar-refractivity contribution is 7.10. The van der Waals surface area contributed by atoms with Crippen LogP contribution in [0.2, 0.25) is 0 Å². The quantitative estimate of drug-likeness (QED) is 0.678. The van der Waals surface area contributed by atoms with E-state index in [0.717, 1.165) is 29.7 Å². The molecule has 1 amide bonds. The zero-order valence-corrected chi connectivity index (χ0v) is 15.5. The van der Waals surface area contributed by atoms with Crippen LogP contribution < -0.4 is 4.90 Å². The summed E-state index contributed by atoms with van der Waals surface area (Å²) in [6.07, 6.45) is 1.70. The van der Waals surface area contributed by atoms with Crippen molar-refractivity contribution in [3.63, 3.8) is 0 Å². The van der Waals surface area contributed by atoms with Crippen molar-refractivity contribution < 1.29 is 13.7 Å². The first kappa shape index (κ1) is 16.5. The minimum atomic E-state index is -0.227. The third-order valence-corrected chi connectivity index (χ3v) is 6.32. The molecule has 5 rings (SSSR count). The van der Waals surface area contributed by atoms with Crippen LogP contribution in [-0.4, -0.2) is 42.1 Å². The number of fused-ring (bicyclic) bond motifs is 3. The van der Waals surface area contributed by atoms with Crippen LogP contribution in [0, 0.1) is 5.82 Å². The monoisotopic (exact) mass is 383 g/mol. The minimum Gasteiger partial charge on any atom is -0.366 e. The number of carbonyl (C=O) groups is 1. The molecule has 1 aliphatic carbocycles. The molecule has 0 atom stereocenters. The van der Waals surface area contributed by atoms with Crippen molar-refractivity contribution in [2.75, 3.05) is 31.1 Å². The Morgan fingerprint density at radius 1 is 1.11 bits per heavy atom. The van der Waals surface area contributed by atoms with E-state index in [1.54, 1.807) is 28.4 Å². The normalized spacial score (nSPS) is 16.2. The number of para-hydroxylation sites is 1. The van der Waals surface area contributed by atoms with Gasteiger partial charge in [0.25, 0.3) is 5.91 Å². The van der Waals surface area contributed by atoms with Gasteiger partial charge in [0.05, 0.1) is 5.69 Å². The molecule has 3 aromatic rings. The summed E-state index contributed by atoms with van der Waals surface area (Å²) in [5.41, 5.74) is 3.01. The number of rotatable bonds is 2. The molecule has 0 radical (unpaired) electrons. The molecule has 0 N–H and O–H groups in total. The number of hydrogen-bond acceptors (Lipinski definition) is 5. The first-order chi connectivity index (χ1) is 13.2. The number of anilines is 1. The lowest BCUT2D eigenvalue weighted by Gasteiger charge is -2.36. The second-order valence-corrected chi connectivity index (χ2v) is 7.83. The van der Waals surface area contributed by atoms with Gasteiger partial charge < -0.3 is 14.3 Å². The largest absolute Gasteiger partial charge is 0.366 e. The van der Waals surface area contributed by atoms with Gasteiger partial charge in [-0.2, -0.15) is 0 Å². The molecular weight excluding hydrogens is 365 g/mol. The fourth-order valence-electron chi connectivity index (χ4n) is 3.90. The van der Waals surface area contributed by atoms with Crippen LogP contribution in [0.5, 0.6) is 0 Å². The SMILES string of the molecule is O=C(c1noc2c1CCc1sccc1-2)N1CCN(c2ccccc2F)CC1. The maximum Gasteiger partial charge on any atom is 0.276 e. The summed E-state index contributed by atoms with van der Waals surface area (Å²) >= 11 is 1.71. The average molecular weight is 383 g/mol. The fourth-order valence-corrected chi connectivity index (χ4v) is 4.78. The molecule has 3 heterocycles. The molecule has 1 aromatic carbocycles. The Kier molecular flexibility index (Phi) is 3.97. The van der Waals surface area contributed by atoms with Crippen LogP contribution in [0.15, 0.2) is 40.2 Å². The Bertz CT molecular complexity index is 1000. The van der Waals surface area contributed by atoms with Crippen molar-refractivity contribution in [2.45, 2.75) is 12.8 Å². The molecule has 1 saturated heterocycles. The van der Waals surface area contributed by atoms with Gasteiger partial charge in [-0.1, -0.05) is 17.3 Å². The Labute approximate surface area is 160 Å². The topological polar surface area (TPSA) is 49.6 Å². The Morgan fingerprint density at radius 2 is 1.93 bits per heavy atom. The van der Waals surface area contributed by atoms with Gasteiger partial charge >= 0.3 is 0 Å². The summed E-state index contributed by atoms with van der Waals surface area (Å²) in [4.78, 5) is 18.1. The first-order valence-corrected chi connectivity index (χ1v) is 9.94. The van der Waals surface area contributed by atoms with E-state index < -0.39 is 0 Å². The van der Waals surface area contributed by atoms with Gasteiger partial charge in [0.1, 0.15) is 5.82 Å². The zero-order valence-electron chi connectivity index (χ0n) is 14.7. The summed E-state index contributed by atoms with van der Waals surface area (Å²) in [6.45, 7) is 2.28. The lowest BCUT2D eigenvalue weighted by atomic mass is 9.95. The number of carbonyl (C=O) groups excluding carboxylic acids is 1. The lowest BCUT2D eigenvalue weighted by molar-refractivity contribution is 0.0735. The highest BCUT2D eigenvalue weighted by Crippen LogP contribution is 2.38. The van der Waals surface area contributed by atoms with Gasteiger partial charge in [0, 0.05) is 42.2 Å². The molecule has 1 fully saturated rings. The molecule has 0 bridgehead atoms. The Hall–Kier alpha value is -2.67. The molecule has 0 saturated carbocycles. The van der Waals surface area contributed by atoms with Crippen LogP contribution in [0.3, 0.4) is 0 Å². The van der Waals surface area contributed by atoms with Crippen LogP contribution in [0.25, 0.3) is 11.3 Å². The second-order valence-electron chi connectivity index (χ2n) is 6.83. The van der Waals surface area contributed by atoms with Gasteiger partial charge in [0.2, 0.25) is 0 Å². The number of aromatic nitrogens is 1. The molecule has 27 heavy (non-hydrogen) atoms. The number of halogens is 1. The summed E-state index contributed by atoms with van der Waals surface area (Å²) in [5.74, 6) is 0.423. The van der Waals surface area contributed by atoms with E-state index in [4.69, 9.17) is 4.52 Å². The van der Waals surface area contributed by atoms with Crippen LogP contribution in [0.1, 0.15) is 20.9 Å². The molecule has 5 nitrogen and oxygen atoms in total. The molecule has 138 valence electrons. The van der Waals surface area contributed by atoms with Gasteiger partial charge in [-0.25, -0.2) is 4.39 Å². The maximum atomic E-state index is 14.0. The summed E-state index contributed by atoms with van der Waals surface area (Å²) in [5, 5.41) is 6.15. The molecule has 7 heteroatoms. The molecule has 2 aromatic heterocycles. The molecule has 0 spiro atoms. The molecular formula is C20H18FN3O2S. The number of thiophene rings is 1. The number of amides is 1. The van der Waals surface area contributed by atoms with Crippen molar-refractivity contribution in [1.29, 1.82) is 0 Å². The molecule has 0 unspecified atom stereocenters.